The number of ketones is 1. The Kier molecular flexibility index (Phi) is 2.15. The highest BCUT2D eigenvalue weighted by Crippen LogP contribution is 2.25. The fourth-order valence-corrected chi connectivity index (χ4v) is 2.27. The molecule has 13 heavy (non-hydrogen) atoms. The monoisotopic (exact) mass is 196 g/mol. The third-order valence-corrected chi connectivity index (χ3v) is 3.05. The number of fused-ring (bicyclic) bond motifs is 1. The number of Topliss-reactive ketones (excluding diaryl/α,β-unsaturated/α-hetero) is 1. The molecular formula is C9H12N2OS. The Bertz CT molecular complexity index is 322. The lowest BCUT2D eigenvalue weighted by Gasteiger charge is -1.98. The van der Waals surface area contributed by atoms with E-state index in [0.29, 0.717) is 5.69 Å². The standard InChI is InChI=1S/C9H12N2OS/c1-6(2)8(12)7-5-11-3-4-13-9(11)10-7/h5-6H,3-4H2,1-2H3. The van der Waals surface area contributed by atoms with Crippen LogP contribution in [0.3, 0.4) is 0 Å². The molecule has 1 aliphatic heterocycles. The molecule has 0 spiro atoms. The van der Waals surface area contributed by atoms with Crippen LogP contribution in [0.4, 0.5) is 0 Å². The van der Waals surface area contributed by atoms with Crippen LogP contribution < -0.4 is 0 Å². The van der Waals surface area contributed by atoms with Crippen molar-refractivity contribution in [2.24, 2.45) is 5.92 Å². The molecule has 0 fully saturated rings. The molecule has 1 aromatic rings. The topological polar surface area (TPSA) is 34.9 Å². The SMILES string of the molecule is CC(C)C(=O)c1cn2c(n1)SCC2. The molecule has 2 heterocycles. The molecule has 0 aromatic carbocycles. The summed E-state index contributed by atoms with van der Waals surface area (Å²) < 4.78 is 2.06. The summed E-state index contributed by atoms with van der Waals surface area (Å²) in [6, 6.07) is 0. The van der Waals surface area contributed by atoms with Crippen molar-refractivity contribution in [3.8, 4) is 0 Å². The fraction of sp³-hybridized carbons (Fsp3) is 0.556. The van der Waals surface area contributed by atoms with Gasteiger partial charge in [-0.15, -0.1) is 0 Å². The molecule has 1 aliphatic rings. The van der Waals surface area contributed by atoms with Crippen LogP contribution >= 0.6 is 11.8 Å². The van der Waals surface area contributed by atoms with Gasteiger partial charge in [-0.05, 0) is 0 Å². The number of aromatic nitrogens is 2. The van der Waals surface area contributed by atoms with Crippen molar-refractivity contribution in [3.05, 3.63) is 11.9 Å². The lowest BCUT2D eigenvalue weighted by Crippen LogP contribution is -2.07. The van der Waals surface area contributed by atoms with Crippen LogP contribution in [-0.2, 0) is 6.54 Å². The van der Waals surface area contributed by atoms with Crippen LogP contribution in [0, 0.1) is 5.92 Å². The highest BCUT2D eigenvalue weighted by molar-refractivity contribution is 7.99. The van der Waals surface area contributed by atoms with Crippen molar-refractivity contribution >= 4 is 17.5 Å². The summed E-state index contributed by atoms with van der Waals surface area (Å²) in [6.07, 6.45) is 1.87. The molecule has 4 heteroatoms. The second-order valence-electron chi connectivity index (χ2n) is 3.47. The van der Waals surface area contributed by atoms with Gasteiger partial charge in [-0.3, -0.25) is 4.79 Å². The maximum atomic E-state index is 11.6. The van der Waals surface area contributed by atoms with Crippen molar-refractivity contribution in [1.82, 2.24) is 9.55 Å². The van der Waals surface area contributed by atoms with Crippen molar-refractivity contribution in [3.63, 3.8) is 0 Å². The molecule has 0 amide bonds. The van der Waals surface area contributed by atoms with Crippen LogP contribution in [0.25, 0.3) is 0 Å². The van der Waals surface area contributed by atoms with Gasteiger partial charge in [-0.25, -0.2) is 4.98 Å². The Balaban J connectivity index is 2.28. The molecule has 0 bridgehead atoms. The van der Waals surface area contributed by atoms with Crippen LogP contribution in [0.15, 0.2) is 11.4 Å². The molecule has 0 N–H and O–H groups in total. The third-order valence-electron chi connectivity index (χ3n) is 2.08. The first kappa shape index (κ1) is 8.81. The zero-order chi connectivity index (χ0) is 9.42. The Labute approximate surface area is 81.5 Å². The first-order valence-corrected chi connectivity index (χ1v) is 5.41. The fourth-order valence-electron chi connectivity index (χ4n) is 1.32. The summed E-state index contributed by atoms with van der Waals surface area (Å²) in [7, 11) is 0. The van der Waals surface area contributed by atoms with Crippen molar-refractivity contribution in [1.29, 1.82) is 0 Å². The van der Waals surface area contributed by atoms with Crippen molar-refractivity contribution in [2.45, 2.75) is 25.5 Å². The summed E-state index contributed by atoms with van der Waals surface area (Å²) in [4.78, 5) is 15.9. The predicted octanol–water partition coefficient (Wildman–Crippen LogP) is 1.83. The number of thioether (sulfide) groups is 1. The highest BCUT2D eigenvalue weighted by atomic mass is 32.2. The summed E-state index contributed by atoms with van der Waals surface area (Å²) in [5, 5.41) is 0.990. The first-order valence-electron chi connectivity index (χ1n) is 4.42. The lowest BCUT2D eigenvalue weighted by molar-refractivity contribution is 0.0934. The number of rotatable bonds is 2. The number of hydrogen-bond donors (Lipinski definition) is 0. The number of nitrogens with zero attached hydrogens (tertiary/aromatic N) is 2. The summed E-state index contributed by atoms with van der Waals surface area (Å²) in [5.74, 6) is 1.27. The van der Waals surface area contributed by atoms with Gasteiger partial charge >= 0.3 is 0 Å². The van der Waals surface area contributed by atoms with Crippen molar-refractivity contribution in [2.75, 3.05) is 5.75 Å². The van der Waals surface area contributed by atoms with Gasteiger partial charge < -0.3 is 4.57 Å². The number of hydrogen-bond acceptors (Lipinski definition) is 3. The van der Waals surface area contributed by atoms with E-state index in [1.807, 2.05) is 20.0 Å². The minimum atomic E-state index is 0.0422. The average molecular weight is 196 g/mol. The van der Waals surface area contributed by atoms with E-state index in [-0.39, 0.29) is 11.7 Å². The maximum Gasteiger partial charge on any atom is 0.185 e. The maximum absolute atomic E-state index is 11.6. The molecular weight excluding hydrogens is 184 g/mol. The summed E-state index contributed by atoms with van der Waals surface area (Å²) >= 11 is 1.72. The van der Waals surface area contributed by atoms with Gasteiger partial charge in [0.15, 0.2) is 10.9 Å². The molecule has 0 saturated carbocycles. The van der Waals surface area contributed by atoms with E-state index in [0.717, 1.165) is 17.5 Å². The molecule has 1 aromatic heterocycles. The summed E-state index contributed by atoms with van der Waals surface area (Å²) in [5.41, 5.74) is 0.622. The van der Waals surface area contributed by atoms with Crippen LogP contribution in [0.1, 0.15) is 24.3 Å². The molecule has 0 radical (unpaired) electrons. The number of carbonyl (C=O) groups is 1. The van der Waals surface area contributed by atoms with E-state index in [9.17, 15) is 4.79 Å². The van der Waals surface area contributed by atoms with Gasteiger partial charge in [-0.1, -0.05) is 25.6 Å². The normalized spacial score (nSPS) is 15.0. The van der Waals surface area contributed by atoms with E-state index in [1.54, 1.807) is 11.8 Å². The van der Waals surface area contributed by atoms with Gasteiger partial charge in [0.25, 0.3) is 0 Å². The van der Waals surface area contributed by atoms with Gasteiger partial charge in [0.1, 0.15) is 5.69 Å². The van der Waals surface area contributed by atoms with E-state index in [2.05, 4.69) is 9.55 Å². The second kappa shape index (κ2) is 3.18. The molecule has 70 valence electrons. The quantitative estimate of drug-likeness (QED) is 0.677. The smallest absolute Gasteiger partial charge is 0.185 e. The largest absolute Gasteiger partial charge is 0.324 e. The van der Waals surface area contributed by atoms with Gasteiger partial charge in [0.2, 0.25) is 0 Å². The Morgan fingerprint density at radius 3 is 3.08 bits per heavy atom. The number of carbonyl (C=O) groups excluding carboxylic acids is 1. The second-order valence-corrected chi connectivity index (χ2v) is 4.53. The van der Waals surface area contributed by atoms with Crippen LogP contribution in [-0.4, -0.2) is 21.1 Å². The van der Waals surface area contributed by atoms with Gasteiger partial charge in [0.05, 0.1) is 0 Å². The molecule has 0 aliphatic carbocycles. The lowest BCUT2D eigenvalue weighted by atomic mass is 10.1. The molecule has 3 nitrogen and oxygen atoms in total. The van der Waals surface area contributed by atoms with E-state index >= 15 is 0 Å². The Morgan fingerprint density at radius 1 is 1.69 bits per heavy atom. The first-order chi connectivity index (χ1) is 6.18. The summed E-state index contributed by atoms with van der Waals surface area (Å²) in [6.45, 7) is 4.79. The zero-order valence-electron chi connectivity index (χ0n) is 7.78. The highest BCUT2D eigenvalue weighted by Gasteiger charge is 2.19. The van der Waals surface area contributed by atoms with E-state index in [1.165, 1.54) is 0 Å². The van der Waals surface area contributed by atoms with E-state index in [4.69, 9.17) is 0 Å². The van der Waals surface area contributed by atoms with Crippen LogP contribution in [0.5, 0.6) is 0 Å². The Hall–Kier alpha value is -0.770. The molecule has 0 saturated heterocycles. The predicted molar refractivity (Wildman–Crippen MR) is 52.1 cm³/mol. The molecule has 0 atom stereocenters. The third kappa shape index (κ3) is 1.50. The number of imidazole rings is 1. The number of aryl methyl sites for hydroxylation is 1. The van der Waals surface area contributed by atoms with Gasteiger partial charge in [-0.2, -0.15) is 0 Å². The average Bonchev–Trinajstić information content (AvgIpc) is 2.59. The minimum Gasteiger partial charge on any atom is -0.324 e. The molecule has 2 rings (SSSR count). The molecule has 0 unspecified atom stereocenters. The van der Waals surface area contributed by atoms with Crippen molar-refractivity contribution < 1.29 is 4.79 Å². The zero-order valence-corrected chi connectivity index (χ0v) is 8.60. The van der Waals surface area contributed by atoms with E-state index < -0.39 is 0 Å². The van der Waals surface area contributed by atoms with Crippen LogP contribution in [0.2, 0.25) is 0 Å². The van der Waals surface area contributed by atoms with Gasteiger partial charge in [0, 0.05) is 24.4 Å². The Morgan fingerprint density at radius 2 is 2.46 bits per heavy atom. The minimum absolute atomic E-state index is 0.0422.